The van der Waals surface area contributed by atoms with Gasteiger partial charge in [0, 0.05) is 23.7 Å². The van der Waals surface area contributed by atoms with Crippen LogP contribution in [0, 0.1) is 20.8 Å². The lowest BCUT2D eigenvalue weighted by Crippen LogP contribution is -2.19. The fourth-order valence-corrected chi connectivity index (χ4v) is 3.52. The van der Waals surface area contributed by atoms with Crippen molar-refractivity contribution in [2.75, 3.05) is 0 Å². The zero-order valence-electron chi connectivity index (χ0n) is 17.9. The van der Waals surface area contributed by atoms with Crippen LogP contribution in [0.1, 0.15) is 38.4 Å². The Morgan fingerprint density at radius 3 is 2.45 bits per heavy atom. The van der Waals surface area contributed by atoms with E-state index in [1.165, 1.54) is 11.1 Å². The van der Waals surface area contributed by atoms with Crippen molar-refractivity contribution in [2.24, 2.45) is 5.10 Å². The summed E-state index contributed by atoms with van der Waals surface area (Å²) in [6.45, 7) is 6.73. The van der Waals surface area contributed by atoms with Gasteiger partial charge in [-0.05, 0) is 50.6 Å². The highest BCUT2D eigenvalue weighted by atomic mass is 16.2. The van der Waals surface area contributed by atoms with Gasteiger partial charge in [0.25, 0.3) is 5.91 Å². The largest absolute Gasteiger partial charge is 0.323 e. The first-order valence-electron chi connectivity index (χ1n) is 10.2. The molecule has 0 atom stereocenters. The summed E-state index contributed by atoms with van der Waals surface area (Å²) in [5, 5.41) is 8.85. The maximum absolute atomic E-state index is 12.7. The van der Waals surface area contributed by atoms with E-state index in [1.807, 2.05) is 65.8 Å². The summed E-state index contributed by atoms with van der Waals surface area (Å²) >= 11 is 0. The molecule has 0 spiro atoms. The van der Waals surface area contributed by atoms with Crippen LogP contribution in [0.25, 0.3) is 5.69 Å². The molecule has 31 heavy (non-hydrogen) atoms. The van der Waals surface area contributed by atoms with Crippen LogP contribution in [-0.2, 0) is 6.54 Å². The summed E-state index contributed by atoms with van der Waals surface area (Å²) in [4.78, 5) is 12.7. The standard InChI is InChI=1S/C25H25N5O/c1-18-10-12-21(13-11-18)17-30-20(3)23(19(2)28-30)16-26-27-25(31)22-8-4-5-9-24(22)29-14-6-7-15-29/h4-16H,17H2,1-3H3,(H,27,31). The van der Waals surface area contributed by atoms with Crippen molar-refractivity contribution in [3.05, 3.63) is 107 Å². The second kappa shape index (κ2) is 8.83. The Bertz CT molecular complexity index is 1220. The Hall–Kier alpha value is -3.93. The number of hydrazone groups is 1. The topological polar surface area (TPSA) is 64.2 Å². The fraction of sp³-hybridized carbons (Fsp3) is 0.160. The van der Waals surface area contributed by atoms with Crippen LogP contribution in [0.15, 0.2) is 78.2 Å². The molecular formula is C25H25N5O. The van der Waals surface area contributed by atoms with Crippen LogP contribution in [0.2, 0.25) is 0 Å². The van der Waals surface area contributed by atoms with Gasteiger partial charge in [-0.15, -0.1) is 0 Å². The summed E-state index contributed by atoms with van der Waals surface area (Å²) in [5.74, 6) is -0.261. The third kappa shape index (κ3) is 4.48. The minimum absolute atomic E-state index is 0.261. The number of amides is 1. The van der Waals surface area contributed by atoms with E-state index in [4.69, 9.17) is 0 Å². The van der Waals surface area contributed by atoms with Crippen LogP contribution >= 0.6 is 0 Å². The van der Waals surface area contributed by atoms with Crippen molar-refractivity contribution in [1.29, 1.82) is 0 Å². The summed E-state index contributed by atoms with van der Waals surface area (Å²) in [7, 11) is 0. The Morgan fingerprint density at radius 1 is 1.00 bits per heavy atom. The van der Waals surface area contributed by atoms with E-state index in [0.717, 1.165) is 22.6 Å². The molecule has 0 aliphatic heterocycles. The molecule has 0 unspecified atom stereocenters. The molecule has 0 bridgehead atoms. The van der Waals surface area contributed by atoms with E-state index in [9.17, 15) is 4.79 Å². The van der Waals surface area contributed by atoms with E-state index < -0.39 is 0 Å². The minimum Gasteiger partial charge on any atom is -0.323 e. The number of carbonyl (C=O) groups is 1. The molecule has 0 fully saturated rings. The quantitative estimate of drug-likeness (QED) is 0.377. The molecule has 0 saturated carbocycles. The highest BCUT2D eigenvalue weighted by molar-refractivity contribution is 5.98. The van der Waals surface area contributed by atoms with Crippen LogP contribution in [0.4, 0.5) is 0 Å². The number of aryl methyl sites for hydroxylation is 2. The van der Waals surface area contributed by atoms with Gasteiger partial charge in [0.1, 0.15) is 0 Å². The second-order valence-electron chi connectivity index (χ2n) is 7.53. The van der Waals surface area contributed by atoms with Gasteiger partial charge in [-0.25, -0.2) is 5.43 Å². The van der Waals surface area contributed by atoms with Gasteiger partial charge in [0.05, 0.1) is 29.7 Å². The summed E-state index contributed by atoms with van der Waals surface area (Å²) in [6.07, 6.45) is 5.48. The molecule has 6 heteroatoms. The number of carbonyl (C=O) groups excluding carboxylic acids is 1. The summed E-state index contributed by atoms with van der Waals surface area (Å²) < 4.78 is 3.87. The van der Waals surface area contributed by atoms with Crippen molar-refractivity contribution >= 4 is 12.1 Å². The van der Waals surface area contributed by atoms with Gasteiger partial charge in [0.15, 0.2) is 0 Å². The van der Waals surface area contributed by atoms with Gasteiger partial charge >= 0.3 is 0 Å². The molecular weight excluding hydrogens is 386 g/mol. The molecule has 4 aromatic rings. The average molecular weight is 412 g/mol. The Balaban J connectivity index is 1.49. The number of hydrogen-bond donors (Lipinski definition) is 1. The highest BCUT2D eigenvalue weighted by Gasteiger charge is 2.13. The van der Waals surface area contributed by atoms with Gasteiger partial charge in [-0.2, -0.15) is 10.2 Å². The number of rotatable bonds is 6. The monoisotopic (exact) mass is 411 g/mol. The first-order chi connectivity index (χ1) is 15.0. The lowest BCUT2D eigenvalue weighted by atomic mass is 10.1. The van der Waals surface area contributed by atoms with E-state index in [2.05, 4.69) is 46.8 Å². The van der Waals surface area contributed by atoms with Gasteiger partial charge in [-0.1, -0.05) is 42.0 Å². The molecule has 2 aromatic heterocycles. The first kappa shape index (κ1) is 20.3. The zero-order valence-corrected chi connectivity index (χ0v) is 17.9. The van der Waals surface area contributed by atoms with Crippen molar-refractivity contribution < 1.29 is 4.79 Å². The van der Waals surface area contributed by atoms with Crippen LogP contribution < -0.4 is 5.43 Å². The molecule has 0 aliphatic rings. The lowest BCUT2D eigenvalue weighted by molar-refractivity contribution is 0.0955. The SMILES string of the molecule is Cc1ccc(Cn2nc(C)c(C=NNC(=O)c3ccccc3-n3cccc3)c2C)cc1. The van der Waals surface area contributed by atoms with Crippen molar-refractivity contribution in [2.45, 2.75) is 27.3 Å². The smallest absolute Gasteiger partial charge is 0.273 e. The van der Waals surface area contributed by atoms with Crippen molar-refractivity contribution in [1.82, 2.24) is 19.8 Å². The molecule has 2 heterocycles. The van der Waals surface area contributed by atoms with Gasteiger partial charge in [-0.3, -0.25) is 9.48 Å². The predicted molar refractivity (Wildman–Crippen MR) is 123 cm³/mol. The van der Waals surface area contributed by atoms with Crippen molar-refractivity contribution in [3.63, 3.8) is 0 Å². The van der Waals surface area contributed by atoms with Crippen LogP contribution in [0.3, 0.4) is 0 Å². The number of para-hydroxylation sites is 1. The fourth-order valence-electron chi connectivity index (χ4n) is 3.52. The third-order valence-electron chi connectivity index (χ3n) is 5.28. The normalized spacial score (nSPS) is 11.2. The number of hydrogen-bond acceptors (Lipinski definition) is 3. The maximum Gasteiger partial charge on any atom is 0.273 e. The maximum atomic E-state index is 12.7. The van der Waals surface area contributed by atoms with E-state index in [-0.39, 0.29) is 5.91 Å². The van der Waals surface area contributed by atoms with Crippen LogP contribution in [0.5, 0.6) is 0 Å². The third-order valence-corrected chi connectivity index (χ3v) is 5.28. The highest BCUT2D eigenvalue weighted by Crippen LogP contribution is 2.15. The Morgan fingerprint density at radius 2 is 1.71 bits per heavy atom. The minimum atomic E-state index is -0.261. The number of aromatic nitrogens is 3. The van der Waals surface area contributed by atoms with Gasteiger partial charge < -0.3 is 4.57 Å². The van der Waals surface area contributed by atoms with E-state index >= 15 is 0 Å². The predicted octanol–water partition coefficient (Wildman–Crippen LogP) is 4.41. The number of benzene rings is 2. The summed E-state index contributed by atoms with van der Waals surface area (Å²) in [5.41, 5.74) is 9.22. The lowest BCUT2D eigenvalue weighted by Gasteiger charge is -2.09. The molecule has 0 saturated heterocycles. The van der Waals surface area contributed by atoms with Crippen molar-refractivity contribution in [3.8, 4) is 5.69 Å². The first-order valence-corrected chi connectivity index (χ1v) is 10.2. The number of nitrogens with zero attached hydrogens (tertiary/aromatic N) is 4. The van der Waals surface area contributed by atoms with E-state index in [0.29, 0.717) is 12.1 Å². The Labute approximate surface area is 181 Å². The summed E-state index contributed by atoms with van der Waals surface area (Å²) in [6, 6.07) is 19.7. The average Bonchev–Trinajstić information content (AvgIpc) is 3.40. The van der Waals surface area contributed by atoms with Crippen LogP contribution in [-0.4, -0.2) is 26.5 Å². The zero-order chi connectivity index (χ0) is 21.8. The van der Waals surface area contributed by atoms with Gasteiger partial charge in [0.2, 0.25) is 0 Å². The molecule has 6 nitrogen and oxygen atoms in total. The molecule has 4 rings (SSSR count). The molecule has 1 amide bonds. The Kier molecular flexibility index (Phi) is 5.80. The second-order valence-corrected chi connectivity index (χ2v) is 7.53. The molecule has 2 aromatic carbocycles. The molecule has 156 valence electrons. The molecule has 1 N–H and O–H groups in total. The molecule has 0 aliphatic carbocycles. The molecule has 0 radical (unpaired) electrons. The van der Waals surface area contributed by atoms with E-state index in [1.54, 1.807) is 12.3 Å². The number of nitrogens with one attached hydrogen (secondary N) is 1.